The van der Waals surface area contributed by atoms with E-state index in [0.717, 1.165) is 11.1 Å². The quantitative estimate of drug-likeness (QED) is 0.598. The molecule has 0 heterocycles. The van der Waals surface area contributed by atoms with Crippen molar-refractivity contribution in [3.8, 4) is 0 Å². The molecule has 0 radical (unpaired) electrons. The van der Waals surface area contributed by atoms with Crippen molar-refractivity contribution < 1.29 is 13.6 Å². The normalized spacial score (nSPS) is 10.8. The monoisotopic (exact) mass is 247 g/mol. The number of hydrogen-bond acceptors (Lipinski definition) is 2. The zero-order valence-electron chi connectivity index (χ0n) is 9.51. The minimum Gasteiger partial charge on any atom is -0.391 e. The molecular weight excluding hydrogens is 236 g/mol. The van der Waals surface area contributed by atoms with Gasteiger partial charge >= 0.3 is 0 Å². The predicted octanol–water partition coefficient (Wildman–Crippen LogP) is 3.52. The highest BCUT2D eigenvalue weighted by atomic mass is 19.1. The van der Waals surface area contributed by atoms with Crippen molar-refractivity contribution in [1.29, 1.82) is 0 Å². The predicted molar refractivity (Wildman–Crippen MR) is 65.2 cm³/mol. The van der Waals surface area contributed by atoms with E-state index >= 15 is 0 Å². The number of halogens is 2. The van der Waals surface area contributed by atoms with E-state index in [9.17, 15) is 8.78 Å². The Balaban J connectivity index is 1.84. The van der Waals surface area contributed by atoms with E-state index in [4.69, 9.17) is 4.84 Å². The lowest BCUT2D eigenvalue weighted by Crippen LogP contribution is -1.88. The van der Waals surface area contributed by atoms with Crippen molar-refractivity contribution in [3.05, 3.63) is 71.3 Å². The molecule has 2 rings (SSSR count). The summed E-state index contributed by atoms with van der Waals surface area (Å²) in [5, 5.41) is 3.75. The maximum absolute atomic E-state index is 12.6. The Morgan fingerprint density at radius 2 is 1.44 bits per heavy atom. The largest absolute Gasteiger partial charge is 0.391 e. The summed E-state index contributed by atoms with van der Waals surface area (Å²) in [6, 6.07) is 11.9. The first-order chi connectivity index (χ1) is 8.74. The highest BCUT2D eigenvalue weighted by molar-refractivity contribution is 5.78. The van der Waals surface area contributed by atoms with Crippen LogP contribution in [-0.4, -0.2) is 6.21 Å². The molecule has 2 aromatic carbocycles. The van der Waals surface area contributed by atoms with E-state index in [-0.39, 0.29) is 18.2 Å². The van der Waals surface area contributed by atoms with Gasteiger partial charge in [-0.3, -0.25) is 0 Å². The average molecular weight is 247 g/mol. The molecular formula is C14H11F2NO. The zero-order chi connectivity index (χ0) is 12.8. The van der Waals surface area contributed by atoms with Crippen LogP contribution in [0.2, 0.25) is 0 Å². The van der Waals surface area contributed by atoms with Crippen LogP contribution in [0, 0.1) is 11.6 Å². The van der Waals surface area contributed by atoms with Gasteiger partial charge in [0.1, 0.15) is 18.2 Å². The lowest BCUT2D eigenvalue weighted by molar-refractivity contribution is 0.132. The van der Waals surface area contributed by atoms with Crippen LogP contribution < -0.4 is 0 Å². The fraction of sp³-hybridized carbons (Fsp3) is 0.0714. The van der Waals surface area contributed by atoms with E-state index in [1.165, 1.54) is 30.5 Å². The van der Waals surface area contributed by atoms with Crippen LogP contribution in [0.15, 0.2) is 53.7 Å². The van der Waals surface area contributed by atoms with Gasteiger partial charge in [-0.25, -0.2) is 8.78 Å². The first kappa shape index (κ1) is 12.2. The number of nitrogens with zero attached hydrogens (tertiary/aromatic N) is 1. The van der Waals surface area contributed by atoms with Crippen molar-refractivity contribution in [2.24, 2.45) is 5.16 Å². The van der Waals surface area contributed by atoms with Crippen LogP contribution in [-0.2, 0) is 11.4 Å². The molecule has 0 aliphatic carbocycles. The summed E-state index contributed by atoms with van der Waals surface area (Å²) in [5.74, 6) is -0.576. The van der Waals surface area contributed by atoms with Gasteiger partial charge < -0.3 is 4.84 Å². The van der Waals surface area contributed by atoms with Gasteiger partial charge in [0.15, 0.2) is 0 Å². The Kier molecular flexibility index (Phi) is 4.02. The molecule has 0 bridgehead atoms. The molecule has 0 aliphatic heterocycles. The van der Waals surface area contributed by atoms with Gasteiger partial charge in [0.05, 0.1) is 6.21 Å². The van der Waals surface area contributed by atoms with Gasteiger partial charge in [0.25, 0.3) is 0 Å². The number of hydrogen-bond donors (Lipinski definition) is 0. The van der Waals surface area contributed by atoms with Crippen LogP contribution in [0.3, 0.4) is 0 Å². The molecule has 2 aromatic rings. The van der Waals surface area contributed by atoms with Gasteiger partial charge in [-0.15, -0.1) is 0 Å². The van der Waals surface area contributed by atoms with E-state index in [1.807, 2.05) is 0 Å². The van der Waals surface area contributed by atoms with Gasteiger partial charge in [0, 0.05) is 0 Å². The fourth-order valence-corrected chi connectivity index (χ4v) is 1.34. The molecule has 0 N–H and O–H groups in total. The molecule has 2 nitrogen and oxygen atoms in total. The molecule has 0 unspecified atom stereocenters. The van der Waals surface area contributed by atoms with Gasteiger partial charge in [-0.2, -0.15) is 0 Å². The van der Waals surface area contributed by atoms with Crippen LogP contribution in [0.5, 0.6) is 0 Å². The molecule has 0 saturated heterocycles. The third-order valence-corrected chi connectivity index (χ3v) is 2.29. The molecule has 0 spiro atoms. The molecule has 0 fully saturated rings. The summed E-state index contributed by atoms with van der Waals surface area (Å²) in [7, 11) is 0. The summed E-state index contributed by atoms with van der Waals surface area (Å²) in [6.45, 7) is 0.262. The van der Waals surface area contributed by atoms with Crippen molar-refractivity contribution >= 4 is 6.21 Å². The van der Waals surface area contributed by atoms with Gasteiger partial charge in [-0.1, -0.05) is 29.4 Å². The summed E-state index contributed by atoms with van der Waals surface area (Å²) in [5.41, 5.74) is 1.57. The fourth-order valence-electron chi connectivity index (χ4n) is 1.34. The van der Waals surface area contributed by atoms with Crippen molar-refractivity contribution in [3.63, 3.8) is 0 Å². The summed E-state index contributed by atoms with van der Waals surface area (Å²) < 4.78 is 25.3. The first-order valence-electron chi connectivity index (χ1n) is 5.39. The molecule has 0 saturated carbocycles. The summed E-state index contributed by atoms with van der Waals surface area (Å²) >= 11 is 0. The van der Waals surface area contributed by atoms with Crippen LogP contribution in [0.4, 0.5) is 8.78 Å². The van der Waals surface area contributed by atoms with Crippen molar-refractivity contribution in [1.82, 2.24) is 0 Å². The van der Waals surface area contributed by atoms with E-state index < -0.39 is 0 Å². The third-order valence-electron chi connectivity index (χ3n) is 2.29. The Labute approximate surface area is 104 Å². The lowest BCUT2D eigenvalue weighted by atomic mass is 10.2. The second-order valence-corrected chi connectivity index (χ2v) is 3.69. The minimum atomic E-state index is -0.292. The first-order valence-corrected chi connectivity index (χ1v) is 5.39. The average Bonchev–Trinajstić information content (AvgIpc) is 2.39. The van der Waals surface area contributed by atoms with Crippen molar-refractivity contribution in [2.75, 3.05) is 0 Å². The molecule has 92 valence electrons. The smallest absolute Gasteiger partial charge is 0.142 e. The van der Waals surface area contributed by atoms with Gasteiger partial charge in [-0.05, 0) is 35.4 Å². The maximum Gasteiger partial charge on any atom is 0.142 e. The zero-order valence-corrected chi connectivity index (χ0v) is 9.51. The number of benzene rings is 2. The minimum absolute atomic E-state index is 0.262. The number of rotatable bonds is 4. The Morgan fingerprint density at radius 3 is 2.06 bits per heavy atom. The Bertz CT molecular complexity index is 520. The summed E-state index contributed by atoms with van der Waals surface area (Å²) in [4.78, 5) is 5.05. The second kappa shape index (κ2) is 5.91. The van der Waals surface area contributed by atoms with Gasteiger partial charge in [0.2, 0.25) is 0 Å². The number of oxime groups is 1. The standard InChI is InChI=1S/C14H11F2NO/c15-13-5-1-11(2-6-13)9-17-18-10-12-3-7-14(16)8-4-12/h1-9H,10H2/b17-9+. The molecule has 18 heavy (non-hydrogen) atoms. The summed E-state index contributed by atoms with van der Waals surface area (Å²) in [6.07, 6.45) is 1.49. The topological polar surface area (TPSA) is 21.6 Å². The van der Waals surface area contributed by atoms with E-state index in [1.54, 1.807) is 24.3 Å². The molecule has 0 aliphatic rings. The SMILES string of the molecule is Fc1ccc(/C=N/OCc2ccc(F)cc2)cc1. The van der Waals surface area contributed by atoms with E-state index in [0.29, 0.717) is 0 Å². The Hall–Kier alpha value is -2.23. The Morgan fingerprint density at radius 1 is 0.889 bits per heavy atom. The maximum atomic E-state index is 12.6. The molecule has 0 atom stereocenters. The molecule has 0 amide bonds. The lowest BCUT2D eigenvalue weighted by Gasteiger charge is -1.99. The third kappa shape index (κ3) is 3.66. The highest BCUT2D eigenvalue weighted by Gasteiger charge is 1.93. The van der Waals surface area contributed by atoms with Crippen LogP contribution >= 0.6 is 0 Å². The highest BCUT2D eigenvalue weighted by Crippen LogP contribution is 2.04. The molecule has 4 heteroatoms. The molecule has 0 aromatic heterocycles. The van der Waals surface area contributed by atoms with Crippen molar-refractivity contribution in [2.45, 2.75) is 6.61 Å². The van der Waals surface area contributed by atoms with Crippen LogP contribution in [0.1, 0.15) is 11.1 Å². The van der Waals surface area contributed by atoms with Crippen LogP contribution in [0.25, 0.3) is 0 Å². The second-order valence-electron chi connectivity index (χ2n) is 3.69. The van der Waals surface area contributed by atoms with E-state index in [2.05, 4.69) is 5.16 Å².